The van der Waals surface area contributed by atoms with Crippen molar-refractivity contribution in [1.29, 1.82) is 0 Å². The molecule has 0 unspecified atom stereocenters. The van der Waals surface area contributed by atoms with Crippen LogP contribution < -0.4 is 5.32 Å². The van der Waals surface area contributed by atoms with E-state index in [1.165, 1.54) is 37.7 Å². The number of amides is 1. The minimum Gasteiger partial charge on any atom is -0.385 e. The molecule has 1 amide bonds. The molecule has 0 saturated heterocycles. The molecule has 0 spiro atoms. The Morgan fingerprint density at radius 1 is 1.24 bits per heavy atom. The molecular formula is C18H26N2O. The van der Waals surface area contributed by atoms with Gasteiger partial charge in [0, 0.05) is 30.4 Å². The van der Waals surface area contributed by atoms with Crippen LogP contribution in [0, 0.1) is 0 Å². The summed E-state index contributed by atoms with van der Waals surface area (Å²) in [6, 6.07) is 6.57. The lowest BCUT2D eigenvalue weighted by Gasteiger charge is -2.34. The standard InChI is InChI=1S/C18H26N2O/c1-2-20(14-8-4-3-5-9-14)18(21)16-10-6-12-17-15(16)11-7-13-19-17/h6,10,12,14,19H,2-5,7-9,11,13H2,1H3. The highest BCUT2D eigenvalue weighted by Crippen LogP contribution is 2.29. The second-order valence-corrected chi connectivity index (χ2v) is 6.25. The van der Waals surface area contributed by atoms with Crippen LogP contribution >= 0.6 is 0 Å². The molecule has 2 aliphatic rings. The van der Waals surface area contributed by atoms with Gasteiger partial charge < -0.3 is 10.2 Å². The Hall–Kier alpha value is -1.51. The van der Waals surface area contributed by atoms with E-state index in [0.29, 0.717) is 6.04 Å². The van der Waals surface area contributed by atoms with Crippen LogP contribution in [0.3, 0.4) is 0 Å². The third-order valence-corrected chi connectivity index (χ3v) is 4.94. The summed E-state index contributed by atoms with van der Waals surface area (Å²) in [5.41, 5.74) is 3.31. The molecular weight excluding hydrogens is 260 g/mol. The van der Waals surface area contributed by atoms with E-state index >= 15 is 0 Å². The highest BCUT2D eigenvalue weighted by atomic mass is 16.2. The number of rotatable bonds is 3. The van der Waals surface area contributed by atoms with Crippen molar-refractivity contribution in [3.8, 4) is 0 Å². The zero-order valence-corrected chi connectivity index (χ0v) is 13.0. The number of nitrogens with zero attached hydrogens (tertiary/aromatic N) is 1. The normalized spacial score (nSPS) is 18.7. The van der Waals surface area contributed by atoms with Crippen molar-refractivity contribution >= 4 is 11.6 Å². The quantitative estimate of drug-likeness (QED) is 0.915. The van der Waals surface area contributed by atoms with E-state index in [2.05, 4.69) is 23.2 Å². The molecule has 3 nitrogen and oxygen atoms in total. The summed E-state index contributed by atoms with van der Waals surface area (Å²) in [6.07, 6.45) is 8.34. The summed E-state index contributed by atoms with van der Waals surface area (Å²) in [4.78, 5) is 15.2. The van der Waals surface area contributed by atoms with E-state index < -0.39 is 0 Å². The van der Waals surface area contributed by atoms with Crippen LogP contribution in [0.15, 0.2) is 18.2 Å². The largest absolute Gasteiger partial charge is 0.385 e. The van der Waals surface area contributed by atoms with Crippen LogP contribution in [0.4, 0.5) is 5.69 Å². The predicted molar refractivity (Wildman–Crippen MR) is 86.8 cm³/mol. The molecule has 21 heavy (non-hydrogen) atoms. The summed E-state index contributed by atoms with van der Waals surface area (Å²) < 4.78 is 0. The monoisotopic (exact) mass is 286 g/mol. The van der Waals surface area contributed by atoms with E-state index in [1.54, 1.807) is 0 Å². The highest BCUT2D eigenvalue weighted by molar-refractivity contribution is 5.97. The number of carbonyl (C=O) groups is 1. The van der Waals surface area contributed by atoms with Crippen LogP contribution in [-0.4, -0.2) is 29.9 Å². The Morgan fingerprint density at radius 2 is 2.05 bits per heavy atom. The summed E-state index contributed by atoms with van der Waals surface area (Å²) in [5, 5.41) is 3.42. The van der Waals surface area contributed by atoms with Gasteiger partial charge in [0.25, 0.3) is 5.91 Å². The first-order valence-corrected chi connectivity index (χ1v) is 8.48. The number of hydrogen-bond acceptors (Lipinski definition) is 2. The van der Waals surface area contributed by atoms with Gasteiger partial charge >= 0.3 is 0 Å². The lowest BCUT2D eigenvalue weighted by molar-refractivity contribution is 0.0647. The molecule has 1 heterocycles. The fourth-order valence-electron chi connectivity index (χ4n) is 3.83. The van der Waals surface area contributed by atoms with Crippen molar-refractivity contribution in [2.24, 2.45) is 0 Å². The van der Waals surface area contributed by atoms with Crippen molar-refractivity contribution in [1.82, 2.24) is 4.90 Å². The van der Waals surface area contributed by atoms with Gasteiger partial charge in [0.2, 0.25) is 0 Å². The Kier molecular flexibility index (Phi) is 4.47. The zero-order valence-electron chi connectivity index (χ0n) is 13.0. The number of fused-ring (bicyclic) bond motifs is 1. The van der Waals surface area contributed by atoms with E-state index in [4.69, 9.17) is 0 Å². The van der Waals surface area contributed by atoms with E-state index in [9.17, 15) is 4.79 Å². The third kappa shape index (κ3) is 2.92. The van der Waals surface area contributed by atoms with Crippen LogP contribution in [0.25, 0.3) is 0 Å². The second kappa shape index (κ2) is 6.50. The zero-order chi connectivity index (χ0) is 14.7. The van der Waals surface area contributed by atoms with Crippen molar-refractivity contribution in [3.63, 3.8) is 0 Å². The summed E-state index contributed by atoms with van der Waals surface area (Å²) >= 11 is 0. The Balaban J connectivity index is 1.86. The average molecular weight is 286 g/mol. The molecule has 0 bridgehead atoms. The second-order valence-electron chi connectivity index (χ2n) is 6.25. The first-order valence-electron chi connectivity index (χ1n) is 8.48. The minimum atomic E-state index is 0.241. The van der Waals surface area contributed by atoms with Crippen molar-refractivity contribution in [2.75, 3.05) is 18.4 Å². The van der Waals surface area contributed by atoms with E-state index in [0.717, 1.165) is 37.2 Å². The molecule has 0 atom stereocenters. The molecule has 114 valence electrons. The molecule has 0 radical (unpaired) electrons. The highest BCUT2D eigenvalue weighted by Gasteiger charge is 2.27. The molecule has 1 fully saturated rings. The molecule has 1 saturated carbocycles. The van der Waals surface area contributed by atoms with Crippen molar-refractivity contribution in [2.45, 2.75) is 57.9 Å². The minimum absolute atomic E-state index is 0.241. The lowest BCUT2D eigenvalue weighted by Crippen LogP contribution is -2.41. The fourth-order valence-corrected chi connectivity index (χ4v) is 3.83. The van der Waals surface area contributed by atoms with Gasteiger partial charge in [0.15, 0.2) is 0 Å². The fraction of sp³-hybridized carbons (Fsp3) is 0.611. The first-order chi connectivity index (χ1) is 10.3. The number of benzene rings is 1. The van der Waals surface area contributed by atoms with Gasteiger partial charge in [-0.3, -0.25) is 4.79 Å². The van der Waals surface area contributed by atoms with E-state index in [1.807, 2.05) is 12.1 Å². The third-order valence-electron chi connectivity index (χ3n) is 4.94. The van der Waals surface area contributed by atoms with Gasteiger partial charge in [-0.15, -0.1) is 0 Å². The molecule has 0 aromatic heterocycles. The molecule has 3 heteroatoms. The molecule has 1 aliphatic carbocycles. The predicted octanol–water partition coefficient (Wildman–Crippen LogP) is 3.84. The van der Waals surface area contributed by atoms with Crippen LogP contribution in [0.2, 0.25) is 0 Å². The molecule has 1 N–H and O–H groups in total. The number of nitrogens with one attached hydrogen (secondary N) is 1. The molecule has 1 aromatic rings. The van der Waals surface area contributed by atoms with Gasteiger partial charge in [0.1, 0.15) is 0 Å². The van der Waals surface area contributed by atoms with Gasteiger partial charge in [-0.2, -0.15) is 0 Å². The number of hydrogen-bond donors (Lipinski definition) is 1. The Labute approximate surface area is 127 Å². The maximum Gasteiger partial charge on any atom is 0.254 e. The van der Waals surface area contributed by atoms with Crippen LogP contribution in [-0.2, 0) is 6.42 Å². The maximum atomic E-state index is 13.0. The van der Waals surface area contributed by atoms with Gasteiger partial charge in [0.05, 0.1) is 0 Å². The average Bonchev–Trinajstić information content (AvgIpc) is 2.56. The smallest absolute Gasteiger partial charge is 0.254 e. The van der Waals surface area contributed by atoms with Crippen molar-refractivity contribution in [3.05, 3.63) is 29.3 Å². The summed E-state index contributed by atoms with van der Waals surface area (Å²) in [5.74, 6) is 0.241. The Morgan fingerprint density at radius 3 is 2.81 bits per heavy atom. The van der Waals surface area contributed by atoms with Crippen molar-refractivity contribution < 1.29 is 4.79 Å². The van der Waals surface area contributed by atoms with Crippen LogP contribution in [0.1, 0.15) is 61.4 Å². The van der Waals surface area contributed by atoms with Gasteiger partial charge in [-0.1, -0.05) is 25.3 Å². The number of carbonyl (C=O) groups excluding carboxylic acids is 1. The van der Waals surface area contributed by atoms with E-state index in [-0.39, 0.29) is 5.91 Å². The summed E-state index contributed by atoms with van der Waals surface area (Å²) in [7, 11) is 0. The number of anilines is 1. The van der Waals surface area contributed by atoms with Gasteiger partial charge in [-0.05, 0) is 50.3 Å². The summed E-state index contributed by atoms with van der Waals surface area (Å²) in [6.45, 7) is 3.95. The maximum absolute atomic E-state index is 13.0. The Bertz CT molecular complexity index is 506. The molecule has 1 aromatic carbocycles. The van der Waals surface area contributed by atoms with Crippen LogP contribution in [0.5, 0.6) is 0 Å². The topological polar surface area (TPSA) is 32.3 Å². The molecule has 3 rings (SSSR count). The SMILES string of the molecule is CCN(C(=O)c1cccc2c1CCCN2)C1CCCCC1. The van der Waals surface area contributed by atoms with Gasteiger partial charge in [-0.25, -0.2) is 0 Å². The first kappa shape index (κ1) is 14.4. The lowest BCUT2D eigenvalue weighted by atomic mass is 9.92. The molecule has 1 aliphatic heterocycles.